The van der Waals surface area contributed by atoms with Crippen LogP contribution in [0.5, 0.6) is 11.5 Å². The maximum atomic E-state index is 11.1. The number of pyridine rings is 1. The predicted octanol–water partition coefficient (Wildman–Crippen LogP) is 3.73. The summed E-state index contributed by atoms with van der Waals surface area (Å²) >= 11 is 0. The molecule has 9 heteroatoms. The number of aromatic nitrogens is 1. The third kappa shape index (κ3) is 3.41. The summed E-state index contributed by atoms with van der Waals surface area (Å²) in [4.78, 5) is 25.7. The van der Waals surface area contributed by atoms with Crippen molar-refractivity contribution in [2.75, 3.05) is 0 Å². The number of carboxylic acid groups (broad SMARTS) is 1. The fraction of sp³-hybridized carbons (Fsp3) is 0. The Morgan fingerprint density at radius 2 is 2.14 bits per heavy atom. The molecule has 21 heavy (non-hydrogen) atoms. The van der Waals surface area contributed by atoms with Gasteiger partial charge in [0.1, 0.15) is 5.56 Å². The van der Waals surface area contributed by atoms with Gasteiger partial charge in [-0.05, 0) is 33.8 Å². The number of ether oxygens (including phenoxy) is 1. The lowest BCUT2D eigenvalue weighted by molar-refractivity contribution is -0.385. The Morgan fingerprint density at radius 1 is 1.38 bits per heavy atom. The van der Waals surface area contributed by atoms with Crippen molar-refractivity contribution >= 4 is 33.3 Å². The molecule has 108 valence electrons. The Kier molecular flexibility index (Phi) is 4.61. The number of nitrogens with zero attached hydrogens (tertiary/aromatic N) is 2. The fourth-order valence-electron chi connectivity index (χ4n) is 1.53. The summed E-state index contributed by atoms with van der Waals surface area (Å²) < 4.78 is 5.35. The summed E-state index contributed by atoms with van der Waals surface area (Å²) in [6.45, 7) is 0. The third-order valence-corrected chi connectivity index (χ3v) is 3.42. The van der Waals surface area contributed by atoms with Gasteiger partial charge < -0.3 is 9.84 Å². The number of halogens is 1. The normalized spacial score (nSPS) is 10.1. The van der Waals surface area contributed by atoms with Gasteiger partial charge in [0.2, 0.25) is 5.75 Å². The van der Waals surface area contributed by atoms with Crippen LogP contribution >= 0.6 is 21.7 Å². The van der Waals surface area contributed by atoms with Gasteiger partial charge in [-0.3, -0.25) is 15.1 Å². The highest BCUT2D eigenvalue weighted by atomic mass is 35.7. The van der Waals surface area contributed by atoms with Crippen LogP contribution in [0.3, 0.4) is 0 Å². The first-order valence-corrected chi connectivity index (χ1v) is 7.09. The van der Waals surface area contributed by atoms with Crippen molar-refractivity contribution in [1.29, 1.82) is 0 Å². The molecule has 0 radical (unpaired) electrons. The molecule has 1 aromatic carbocycles. The van der Waals surface area contributed by atoms with Crippen LogP contribution in [-0.2, 0) is 0 Å². The maximum Gasteiger partial charge on any atom is 0.339 e. The van der Waals surface area contributed by atoms with Crippen molar-refractivity contribution in [1.82, 2.24) is 4.98 Å². The Balaban J connectivity index is 2.48. The smallest absolute Gasteiger partial charge is 0.339 e. The van der Waals surface area contributed by atoms with Crippen molar-refractivity contribution in [2.24, 2.45) is 0 Å². The molecule has 0 unspecified atom stereocenters. The largest absolute Gasteiger partial charge is 0.478 e. The summed E-state index contributed by atoms with van der Waals surface area (Å²) in [5.74, 6) is -1.43. The Hall–Kier alpha value is -2.32. The van der Waals surface area contributed by atoms with Gasteiger partial charge in [-0.2, -0.15) is 0 Å². The average molecular weight is 327 g/mol. The number of hydrogen-bond acceptors (Lipinski definition) is 6. The molecular weight excluding hydrogens is 320 g/mol. The second-order valence-corrected chi connectivity index (χ2v) is 4.83. The minimum absolute atomic E-state index is 0.0928. The summed E-state index contributed by atoms with van der Waals surface area (Å²) in [5.41, 5.74) is -0.451. The number of nitro groups is 1. The molecule has 0 aliphatic rings. The van der Waals surface area contributed by atoms with Crippen LogP contribution in [0.1, 0.15) is 10.4 Å². The molecule has 0 amide bonds. The van der Waals surface area contributed by atoms with Crippen LogP contribution in [-0.4, -0.2) is 21.0 Å². The van der Waals surface area contributed by atoms with Gasteiger partial charge in [0.15, 0.2) is 5.75 Å². The summed E-state index contributed by atoms with van der Waals surface area (Å²) in [7, 11) is 6.46. The molecule has 0 saturated carbocycles. The Bertz CT molecular complexity index is 710. The van der Waals surface area contributed by atoms with Crippen LogP contribution in [0.4, 0.5) is 5.69 Å². The number of benzene rings is 1. The molecule has 0 saturated heterocycles. The van der Waals surface area contributed by atoms with E-state index in [1.54, 1.807) is 0 Å². The summed E-state index contributed by atoms with van der Waals surface area (Å²) in [6, 6.07) is 5.29. The minimum Gasteiger partial charge on any atom is -0.478 e. The molecule has 0 atom stereocenters. The predicted molar refractivity (Wildman–Crippen MR) is 76.1 cm³/mol. The monoisotopic (exact) mass is 326 g/mol. The van der Waals surface area contributed by atoms with E-state index >= 15 is 0 Å². The first-order valence-electron chi connectivity index (χ1n) is 5.45. The standard InChI is InChI=1S/C12H7ClN2O5S/c13-21-7-1-2-9(15(18)19)10(5-7)20-11-6-14-4-3-8(11)12(16)17/h1-6H,(H,16,17). The SMILES string of the molecule is O=C(O)c1ccncc1Oc1cc(SCl)ccc1[N+](=O)[O-]. The number of carbonyl (C=O) groups is 1. The van der Waals surface area contributed by atoms with E-state index in [1.165, 1.54) is 36.7 Å². The lowest BCUT2D eigenvalue weighted by Gasteiger charge is -2.09. The van der Waals surface area contributed by atoms with Crippen LogP contribution in [0.15, 0.2) is 41.6 Å². The molecule has 1 aromatic heterocycles. The van der Waals surface area contributed by atoms with Gasteiger partial charge in [0, 0.05) is 23.2 Å². The first-order chi connectivity index (χ1) is 10.0. The van der Waals surface area contributed by atoms with Crippen LogP contribution in [0.25, 0.3) is 0 Å². The van der Waals surface area contributed by atoms with Crippen LogP contribution in [0, 0.1) is 10.1 Å². The molecule has 0 aliphatic heterocycles. The van der Waals surface area contributed by atoms with E-state index in [1.807, 2.05) is 0 Å². The zero-order valence-electron chi connectivity index (χ0n) is 10.2. The van der Waals surface area contributed by atoms with Gasteiger partial charge >= 0.3 is 11.7 Å². The number of rotatable bonds is 5. The van der Waals surface area contributed by atoms with E-state index in [2.05, 4.69) is 4.98 Å². The van der Waals surface area contributed by atoms with Gasteiger partial charge in [0.25, 0.3) is 0 Å². The second kappa shape index (κ2) is 6.42. The van der Waals surface area contributed by atoms with Crippen molar-refractivity contribution in [3.63, 3.8) is 0 Å². The van der Waals surface area contributed by atoms with E-state index in [4.69, 9.17) is 20.5 Å². The number of nitro benzene ring substituents is 1. The maximum absolute atomic E-state index is 11.1. The molecule has 2 rings (SSSR count). The molecule has 7 nitrogen and oxygen atoms in total. The molecule has 0 bridgehead atoms. The van der Waals surface area contributed by atoms with Crippen LogP contribution < -0.4 is 4.74 Å². The molecule has 0 fully saturated rings. The van der Waals surface area contributed by atoms with E-state index < -0.39 is 10.9 Å². The summed E-state index contributed by atoms with van der Waals surface area (Å²) in [5, 5.41) is 20.0. The molecular formula is C12H7ClN2O5S. The lowest BCUT2D eigenvalue weighted by atomic mass is 10.2. The summed E-state index contributed by atoms with van der Waals surface area (Å²) in [6.07, 6.45) is 2.46. The zero-order valence-corrected chi connectivity index (χ0v) is 11.8. The molecule has 2 aromatic rings. The lowest BCUT2D eigenvalue weighted by Crippen LogP contribution is -2.01. The van der Waals surface area contributed by atoms with E-state index in [0.717, 1.165) is 11.0 Å². The second-order valence-electron chi connectivity index (χ2n) is 3.74. The average Bonchev–Trinajstić information content (AvgIpc) is 2.47. The third-order valence-electron chi connectivity index (χ3n) is 2.45. The molecule has 1 N–H and O–H groups in total. The first kappa shape index (κ1) is 15.1. The quantitative estimate of drug-likeness (QED) is 0.659. The molecule has 0 spiro atoms. The van der Waals surface area contributed by atoms with Gasteiger partial charge in [0.05, 0.1) is 11.1 Å². The van der Waals surface area contributed by atoms with E-state index in [-0.39, 0.29) is 22.7 Å². The number of carboxylic acids is 1. The highest BCUT2D eigenvalue weighted by Crippen LogP contribution is 2.36. The fourth-order valence-corrected chi connectivity index (χ4v) is 2.09. The highest BCUT2D eigenvalue weighted by molar-refractivity contribution is 8.21. The number of hydrogen-bond donors (Lipinski definition) is 1. The van der Waals surface area contributed by atoms with Gasteiger partial charge in [-0.25, -0.2) is 4.79 Å². The van der Waals surface area contributed by atoms with Gasteiger partial charge in [-0.1, -0.05) is 0 Å². The van der Waals surface area contributed by atoms with Crippen molar-refractivity contribution < 1.29 is 19.6 Å². The van der Waals surface area contributed by atoms with Gasteiger partial charge in [-0.15, -0.1) is 0 Å². The van der Waals surface area contributed by atoms with Crippen molar-refractivity contribution in [3.8, 4) is 11.5 Å². The molecule has 0 aliphatic carbocycles. The molecule has 1 heterocycles. The van der Waals surface area contributed by atoms with E-state index in [0.29, 0.717) is 4.90 Å². The highest BCUT2D eigenvalue weighted by Gasteiger charge is 2.19. The van der Waals surface area contributed by atoms with Crippen LogP contribution in [0.2, 0.25) is 0 Å². The number of aromatic carboxylic acids is 1. The Morgan fingerprint density at radius 3 is 2.76 bits per heavy atom. The van der Waals surface area contributed by atoms with Crippen molar-refractivity contribution in [2.45, 2.75) is 4.90 Å². The van der Waals surface area contributed by atoms with Crippen molar-refractivity contribution in [3.05, 3.63) is 52.3 Å². The Labute approximate surface area is 127 Å². The minimum atomic E-state index is -1.22. The topological polar surface area (TPSA) is 103 Å². The van der Waals surface area contributed by atoms with E-state index in [9.17, 15) is 14.9 Å². The zero-order chi connectivity index (χ0) is 15.4.